The van der Waals surface area contributed by atoms with E-state index in [2.05, 4.69) is 4.98 Å². The first-order valence-corrected chi connectivity index (χ1v) is 5.88. The van der Waals surface area contributed by atoms with Crippen molar-refractivity contribution in [3.63, 3.8) is 0 Å². The number of aromatic nitrogens is 2. The van der Waals surface area contributed by atoms with E-state index in [4.69, 9.17) is 11.6 Å². The van der Waals surface area contributed by atoms with Crippen LogP contribution < -0.4 is 0 Å². The Bertz CT molecular complexity index is 546. The highest BCUT2D eigenvalue weighted by Crippen LogP contribution is 2.19. The average Bonchev–Trinajstić information content (AvgIpc) is 2.65. The molecule has 2 aromatic rings. The van der Waals surface area contributed by atoms with Crippen LogP contribution in [-0.2, 0) is 0 Å². The van der Waals surface area contributed by atoms with Gasteiger partial charge in [-0.15, -0.1) is 11.6 Å². The smallest absolute Gasteiger partial charge is 0.179 e. The fraction of sp³-hybridized carbons (Fsp3) is 0.231. The molecular formula is C13H13ClN2O. The molecule has 0 N–H and O–H groups in total. The van der Waals surface area contributed by atoms with E-state index in [1.807, 2.05) is 42.7 Å². The molecule has 4 heteroatoms. The van der Waals surface area contributed by atoms with Gasteiger partial charge in [-0.1, -0.05) is 6.07 Å². The van der Waals surface area contributed by atoms with Gasteiger partial charge in [0.2, 0.25) is 0 Å². The Balaban J connectivity index is 2.57. The molecule has 0 radical (unpaired) electrons. The van der Waals surface area contributed by atoms with Gasteiger partial charge in [-0.05, 0) is 32.0 Å². The van der Waals surface area contributed by atoms with Crippen molar-refractivity contribution >= 4 is 17.4 Å². The van der Waals surface area contributed by atoms with E-state index in [0.717, 1.165) is 17.2 Å². The zero-order chi connectivity index (χ0) is 12.4. The third kappa shape index (κ3) is 2.11. The Hall–Kier alpha value is -1.61. The van der Waals surface area contributed by atoms with Gasteiger partial charge < -0.3 is 4.57 Å². The molecule has 0 spiro atoms. The SMILES string of the molecule is Cc1cc(C(=O)CCl)c(C)n1-c1ccccn1. The molecule has 0 aromatic carbocycles. The van der Waals surface area contributed by atoms with E-state index < -0.39 is 0 Å². The van der Waals surface area contributed by atoms with Gasteiger partial charge in [0.05, 0.1) is 5.88 Å². The van der Waals surface area contributed by atoms with Gasteiger partial charge in [-0.25, -0.2) is 4.98 Å². The van der Waals surface area contributed by atoms with Gasteiger partial charge in [0, 0.05) is 23.1 Å². The normalized spacial score (nSPS) is 10.5. The number of nitrogens with zero attached hydrogens (tertiary/aromatic N) is 2. The number of Topliss-reactive ketones (excluding diaryl/α,β-unsaturated/α-hetero) is 1. The van der Waals surface area contributed by atoms with Crippen LogP contribution in [0.25, 0.3) is 5.82 Å². The summed E-state index contributed by atoms with van der Waals surface area (Å²) < 4.78 is 1.96. The quantitative estimate of drug-likeness (QED) is 0.618. The second-order valence-electron chi connectivity index (χ2n) is 3.86. The largest absolute Gasteiger partial charge is 0.302 e. The molecule has 17 heavy (non-hydrogen) atoms. The van der Waals surface area contributed by atoms with Crippen molar-refractivity contribution in [2.45, 2.75) is 13.8 Å². The molecule has 0 atom stereocenters. The van der Waals surface area contributed by atoms with E-state index in [9.17, 15) is 4.79 Å². The molecule has 0 amide bonds. The third-order valence-electron chi connectivity index (χ3n) is 2.73. The van der Waals surface area contributed by atoms with Crippen LogP contribution in [0.4, 0.5) is 0 Å². The second-order valence-corrected chi connectivity index (χ2v) is 4.13. The molecule has 2 aromatic heterocycles. The number of ketones is 1. The number of carbonyl (C=O) groups is 1. The lowest BCUT2D eigenvalue weighted by atomic mass is 10.2. The van der Waals surface area contributed by atoms with Crippen LogP contribution in [0.15, 0.2) is 30.5 Å². The summed E-state index contributed by atoms with van der Waals surface area (Å²) in [7, 11) is 0. The van der Waals surface area contributed by atoms with Crippen molar-refractivity contribution in [1.29, 1.82) is 0 Å². The van der Waals surface area contributed by atoms with Crippen molar-refractivity contribution in [1.82, 2.24) is 9.55 Å². The standard InChI is InChI=1S/C13H13ClN2O/c1-9-7-11(12(17)8-14)10(2)16(9)13-5-3-4-6-15-13/h3-7H,8H2,1-2H3. The minimum atomic E-state index is -0.0538. The summed E-state index contributed by atoms with van der Waals surface area (Å²) in [6.07, 6.45) is 1.73. The summed E-state index contributed by atoms with van der Waals surface area (Å²) in [6, 6.07) is 7.55. The summed E-state index contributed by atoms with van der Waals surface area (Å²) in [6.45, 7) is 3.86. The highest BCUT2D eigenvalue weighted by atomic mass is 35.5. The molecule has 0 saturated heterocycles. The minimum absolute atomic E-state index is 0.00646. The lowest BCUT2D eigenvalue weighted by Gasteiger charge is -2.07. The fourth-order valence-corrected chi connectivity index (χ4v) is 2.10. The zero-order valence-corrected chi connectivity index (χ0v) is 10.5. The van der Waals surface area contributed by atoms with Crippen molar-refractivity contribution < 1.29 is 4.79 Å². The Labute approximate surface area is 105 Å². The maximum Gasteiger partial charge on any atom is 0.179 e. The van der Waals surface area contributed by atoms with Crippen LogP contribution in [0.5, 0.6) is 0 Å². The first-order chi connectivity index (χ1) is 8.15. The van der Waals surface area contributed by atoms with E-state index >= 15 is 0 Å². The molecular weight excluding hydrogens is 236 g/mol. The molecule has 2 rings (SSSR count). The fourth-order valence-electron chi connectivity index (χ4n) is 1.96. The summed E-state index contributed by atoms with van der Waals surface area (Å²) >= 11 is 5.59. The maximum absolute atomic E-state index is 11.7. The third-order valence-corrected chi connectivity index (χ3v) is 2.97. The first-order valence-electron chi connectivity index (χ1n) is 5.34. The number of hydrogen-bond acceptors (Lipinski definition) is 2. The molecule has 2 heterocycles. The molecule has 0 aliphatic rings. The van der Waals surface area contributed by atoms with Gasteiger partial charge in [-0.3, -0.25) is 4.79 Å². The number of halogens is 1. The summed E-state index contributed by atoms with van der Waals surface area (Å²) in [4.78, 5) is 16.0. The van der Waals surface area contributed by atoms with Crippen LogP contribution in [0.2, 0.25) is 0 Å². The molecule has 88 valence electrons. The summed E-state index contributed by atoms with van der Waals surface area (Å²) in [5, 5.41) is 0. The molecule has 0 aliphatic carbocycles. The maximum atomic E-state index is 11.7. The van der Waals surface area contributed by atoms with E-state index in [-0.39, 0.29) is 11.7 Å². The van der Waals surface area contributed by atoms with Crippen LogP contribution in [0.1, 0.15) is 21.7 Å². The molecule has 0 bridgehead atoms. The zero-order valence-electron chi connectivity index (χ0n) is 9.77. The van der Waals surface area contributed by atoms with Crippen molar-refractivity contribution in [3.8, 4) is 5.82 Å². The number of alkyl halides is 1. The Morgan fingerprint density at radius 2 is 2.18 bits per heavy atom. The van der Waals surface area contributed by atoms with Crippen LogP contribution in [-0.4, -0.2) is 21.2 Å². The Morgan fingerprint density at radius 1 is 1.41 bits per heavy atom. The van der Waals surface area contributed by atoms with Gasteiger partial charge >= 0.3 is 0 Å². The van der Waals surface area contributed by atoms with Crippen LogP contribution in [0.3, 0.4) is 0 Å². The topological polar surface area (TPSA) is 34.9 Å². The monoisotopic (exact) mass is 248 g/mol. The summed E-state index contributed by atoms with van der Waals surface area (Å²) in [5.74, 6) is 0.769. The first kappa shape index (κ1) is 11.9. The van der Waals surface area contributed by atoms with Gasteiger partial charge in [0.1, 0.15) is 5.82 Å². The molecule has 0 unspecified atom stereocenters. The van der Waals surface area contributed by atoms with Gasteiger partial charge in [0.25, 0.3) is 0 Å². The molecule has 0 fully saturated rings. The van der Waals surface area contributed by atoms with Crippen molar-refractivity contribution in [3.05, 3.63) is 47.4 Å². The van der Waals surface area contributed by atoms with Crippen molar-refractivity contribution in [2.24, 2.45) is 0 Å². The van der Waals surface area contributed by atoms with Crippen molar-refractivity contribution in [2.75, 3.05) is 5.88 Å². The predicted octanol–water partition coefficient (Wildman–Crippen LogP) is 2.91. The Morgan fingerprint density at radius 3 is 2.76 bits per heavy atom. The van der Waals surface area contributed by atoms with E-state index in [0.29, 0.717) is 5.56 Å². The predicted molar refractivity (Wildman–Crippen MR) is 68.1 cm³/mol. The highest BCUT2D eigenvalue weighted by Gasteiger charge is 2.15. The Kier molecular flexibility index (Phi) is 3.29. The highest BCUT2D eigenvalue weighted by molar-refractivity contribution is 6.30. The second kappa shape index (κ2) is 4.72. The molecule has 0 saturated carbocycles. The number of rotatable bonds is 3. The lowest BCUT2D eigenvalue weighted by molar-refractivity contribution is 0.102. The molecule has 0 aliphatic heterocycles. The van der Waals surface area contributed by atoms with Crippen LogP contribution >= 0.6 is 11.6 Å². The number of pyridine rings is 1. The number of hydrogen-bond donors (Lipinski definition) is 0. The van der Waals surface area contributed by atoms with E-state index in [1.165, 1.54) is 0 Å². The lowest BCUT2D eigenvalue weighted by Crippen LogP contribution is -2.05. The van der Waals surface area contributed by atoms with Crippen LogP contribution in [0, 0.1) is 13.8 Å². The number of carbonyl (C=O) groups excluding carboxylic acids is 1. The van der Waals surface area contributed by atoms with E-state index in [1.54, 1.807) is 6.20 Å². The summed E-state index contributed by atoms with van der Waals surface area (Å²) in [5.41, 5.74) is 2.53. The van der Waals surface area contributed by atoms with Gasteiger partial charge in [0.15, 0.2) is 5.78 Å². The molecule has 3 nitrogen and oxygen atoms in total. The number of aryl methyl sites for hydroxylation is 1. The average molecular weight is 249 g/mol. The minimum Gasteiger partial charge on any atom is -0.302 e. The van der Waals surface area contributed by atoms with Gasteiger partial charge in [-0.2, -0.15) is 0 Å².